The van der Waals surface area contributed by atoms with Gasteiger partial charge in [0, 0.05) is 12.1 Å². The molecule has 1 aliphatic rings. The smallest absolute Gasteiger partial charge is 0.215 e. The Labute approximate surface area is 98.3 Å². The first-order valence-electron chi connectivity index (χ1n) is 5.42. The van der Waals surface area contributed by atoms with Crippen molar-refractivity contribution >= 4 is 10.0 Å². The molecule has 0 aromatic rings. The zero-order valence-electron chi connectivity index (χ0n) is 10.4. The quantitative estimate of drug-likeness (QED) is 0.722. The molecule has 1 fully saturated rings. The summed E-state index contributed by atoms with van der Waals surface area (Å²) in [5, 5.41) is 0. The Morgan fingerprint density at radius 2 is 1.75 bits per heavy atom. The maximum absolute atomic E-state index is 11.7. The summed E-state index contributed by atoms with van der Waals surface area (Å²) in [6.07, 6.45) is 1.39. The molecule has 0 aromatic heterocycles. The maximum atomic E-state index is 11.7. The zero-order chi connectivity index (χ0) is 12.8. The predicted molar refractivity (Wildman–Crippen MR) is 66.4 cm³/mol. The van der Waals surface area contributed by atoms with E-state index in [2.05, 4.69) is 11.3 Å². The first-order valence-corrected chi connectivity index (χ1v) is 7.07. The van der Waals surface area contributed by atoms with Gasteiger partial charge in [-0.2, -0.15) is 0 Å². The minimum atomic E-state index is -3.28. The molecule has 0 unspecified atom stereocenters. The number of sulfonamides is 1. The van der Waals surface area contributed by atoms with E-state index < -0.39 is 10.0 Å². The van der Waals surface area contributed by atoms with Crippen LogP contribution < -0.4 is 10.5 Å². The minimum absolute atomic E-state index is 0.00330. The van der Waals surface area contributed by atoms with Crippen molar-refractivity contribution < 1.29 is 8.42 Å². The molecule has 1 aliphatic carbocycles. The van der Waals surface area contributed by atoms with Crippen LogP contribution in [0.1, 0.15) is 27.7 Å². The van der Waals surface area contributed by atoms with Crippen LogP contribution in [-0.2, 0) is 10.0 Å². The topological polar surface area (TPSA) is 72.2 Å². The van der Waals surface area contributed by atoms with Gasteiger partial charge in [-0.15, -0.1) is 6.58 Å². The summed E-state index contributed by atoms with van der Waals surface area (Å²) in [5.41, 5.74) is 5.64. The van der Waals surface area contributed by atoms with Crippen molar-refractivity contribution in [2.24, 2.45) is 16.6 Å². The first-order chi connectivity index (χ1) is 7.05. The van der Waals surface area contributed by atoms with Gasteiger partial charge >= 0.3 is 0 Å². The molecule has 0 aromatic carbocycles. The third-order valence-electron chi connectivity index (χ3n) is 3.73. The van der Waals surface area contributed by atoms with Crippen molar-refractivity contribution in [1.29, 1.82) is 0 Å². The lowest BCUT2D eigenvalue weighted by Crippen LogP contribution is -2.76. The lowest BCUT2D eigenvalue weighted by molar-refractivity contribution is -0.0593. The van der Waals surface area contributed by atoms with E-state index in [1.807, 2.05) is 27.7 Å². The van der Waals surface area contributed by atoms with Gasteiger partial charge in [0.1, 0.15) is 0 Å². The van der Waals surface area contributed by atoms with Crippen LogP contribution in [-0.4, -0.2) is 26.3 Å². The fourth-order valence-corrected chi connectivity index (χ4v) is 4.24. The summed E-state index contributed by atoms with van der Waals surface area (Å²) in [5.74, 6) is -0.0507. The average Bonchev–Trinajstić information content (AvgIpc) is 2.12. The largest absolute Gasteiger partial charge is 0.327 e. The Hall–Kier alpha value is -0.390. The van der Waals surface area contributed by atoms with Crippen molar-refractivity contribution in [3.05, 3.63) is 12.7 Å². The van der Waals surface area contributed by atoms with Gasteiger partial charge in [-0.25, -0.2) is 13.1 Å². The van der Waals surface area contributed by atoms with Gasteiger partial charge < -0.3 is 5.73 Å². The molecule has 3 N–H and O–H groups in total. The van der Waals surface area contributed by atoms with E-state index in [0.29, 0.717) is 0 Å². The van der Waals surface area contributed by atoms with Gasteiger partial charge in [0.15, 0.2) is 0 Å². The molecule has 0 aliphatic heterocycles. The van der Waals surface area contributed by atoms with Gasteiger partial charge in [-0.1, -0.05) is 33.8 Å². The molecular weight excluding hydrogens is 224 g/mol. The number of hydrogen-bond acceptors (Lipinski definition) is 3. The number of rotatable bonds is 4. The first kappa shape index (κ1) is 13.7. The molecule has 0 amide bonds. The van der Waals surface area contributed by atoms with Crippen LogP contribution >= 0.6 is 0 Å². The second-order valence-corrected chi connectivity index (χ2v) is 7.54. The van der Waals surface area contributed by atoms with E-state index >= 15 is 0 Å². The minimum Gasteiger partial charge on any atom is -0.327 e. The molecule has 5 heteroatoms. The highest BCUT2D eigenvalue weighted by Crippen LogP contribution is 2.52. The van der Waals surface area contributed by atoms with E-state index in [9.17, 15) is 8.42 Å². The fourth-order valence-electron chi connectivity index (χ4n) is 2.87. The van der Waals surface area contributed by atoms with Gasteiger partial charge in [0.25, 0.3) is 0 Å². The molecule has 4 nitrogen and oxygen atoms in total. The monoisotopic (exact) mass is 246 g/mol. The highest BCUT2D eigenvalue weighted by atomic mass is 32.2. The Morgan fingerprint density at radius 1 is 1.31 bits per heavy atom. The Bertz CT molecular complexity index is 369. The molecule has 0 heterocycles. The second-order valence-electron chi connectivity index (χ2n) is 5.74. The second kappa shape index (κ2) is 3.82. The van der Waals surface area contributed by atoms with Crippen molar-refractivity contribution in [1.82, 2.24) is 4.72 Å². The van der Waals surface area contributed by atoms with Crippen LogP contribution in [0, 0.1) is 10.8 Å². The van der Waals surface area contributed by atoms with E-state index in [0.717, 1.165) is 0 Å². The zero-order valence-corrected chi connectivity index (χ0v) is 11.3. The van der Waals surface area contributed by atoms with Crippen molar-refractivity contribution in [3.8, 4) is 0 Å². The van der Waals surface area contributed by atoms with Crippen LogP contribution in [0.5, 0.6) is 0 Å². The summed E-state index contributed by atoms with van der Waals surface area (Å²) in [6, 6.07) is -0.128. The molecule has 0 bridgehead atoms. The van der Waals surface area contributed by atoms with Crippen molar-refractivity contribution in [3.63, 3.8) is 0 Å². The van der Waals surface area contributed by atoms with Gasteiger partial charge in [0.2, 0.25) is 10.0 Å². The summed E-state index contributed by atoms with van der Waals surface area (Å²) in [7, 11) is -3.28. The van der Waals surface area contributed by atoms with Gasteiger partial charge in [0.05, 0.1) is 5.75 Å². The van der Waals surface area contributed by atoms with Crippen LogP contribution in [0.25, 0.3) is 0 Å². The lowest BCUT2D eigenvalue weighted by atomic mass is 9.49. The fraction of sp³-hybridized carbons (Fsp3) is 0.818. The molecule has 16 heavy (non-hydrogen) atoms. The normalized spacial score (nSPS) is 31.8. The standard InChI is InChI=1S/C11H22N2O2S/c1-6-7-16(14,15)13-9-10(2,3)8(12)11(9,4)5/h6,8-9,13H,1,7,12H2,2-5H3. The molecular formula is C11H22N2O2S. The van der Waals surface area contributed by atoms with E-state index in [1.54, 1.807) is 0 Å². The Kier molecular flexibility index (Phi) is 3.27. The summed E-state index contributed by atoms with van der Waals surface area (Å²) >= 11 is 0. The molecule has 0 saturated heterocycles. The van der Waals surface area contributed by atoms with Crippen LogP contribution in [0.2, 0.25) is 0 Å². The SMILES string of the molecule is C=CCS(=O)(=O)NC1C(C)(C)C(N)C1(C)C. The number of nitrogens with two attached hydrogens (primary N) is 1. The van der Waals surface area contributed by atoms with E-state index in [1.165, 1.54) is 6.08 Å². The van der Waals surface area contributed by atoms with Crippen molar-refractivity contribution in [2.45, 2.75) is 39.8 Å². The molecule has 0 radical (unpaired) electrons. The Morgan fingerprint density at radius 3 is 2.12 bits per heavy atom. The van der Waals surface area contributed by atoms with Gasteiger partial charge in [-0.05, 0) is 10.8 Å². The van der Waals surface area contributed by atoms with Crippen LogP contribution in [0.4, 0.5) is 0 Å². The molecule has 94 valence electrons. The predicted octanol–water partition coefficient (Wildman–Crippen LogP) is 0.854. The van der Waals surface area contributed by atoms with Gasteiger partial charge in [-0.3, -0.25) is 0 Å². The van der Waals surface area contributed by atoms with Crippen LogP contribution in [0.15, 0.2) is 12.7 Å². The van der Waals surface area contributed by atoms with E-state index in [4.69, 9.17) is 5.73 Å². The highest BCUT2D eigenvalue weighted by Gasteiger charge is 2.60. The maximum Gasteiger partial charge on any atom is 0.215 e. The lowest BCUT2D eigenvalue weighted by Gasteiger charge is -2.62. The summed E-state index contributed by atoms with van der Waals surface area (Å²) in [4.78, 5) is 0. The third kappa shape index (κ3) is 2.04. The molecule has 1 saturated carbocycles. The highest BCUT2D eigenvalue weighted by molar-refractivity contribution is 7.89. The molecule has 0 spiro atoms. The van der Waals surface area contributed by atoms with Crippen LogP contribution in [0.3, 0.4) is 0 Å². The summed E-state index contributed by atoms with van der Waals surface area (Å²) < 4.78 is 26.1. The average molecular weight is 246 g/mol. The Balaban J connectivity index is 2.87. The molecule has 0 atom stereocenters. The third-order valence-corrected chi connectivity index (χ3v) is 5.00. The molecule has 1 rings (SSSR count). The van der Waals surface area contributed by atoms with E-state index in [-0.39, 0.29) is 28.7 Å². The van der Waals surface area contributed by atoms with Crippen molar-refractivity contribution in [2.75, 3.05) is 5.75 Å². The summed E-state index contributed by atoms with van der Waals surface area (Å²) in [6.45, 7) is 11.4. The number of hydrogen-bond donors (Lipinski definition) is 2. The number of nitrogens with one attached hydrogen (secondary N) is 1.